The van der Waals surface area contributed by atoms with Crippen LogP contribution in [0, 0.1) is 29.1 Å². The molecule has 0 bridgehead atoms. The smallest absolute Gasteiger partial charge is 0.307 e. The summed E-state index contributed by atoms with van der Waals surface area (Å²) in [5.74, 6) is -4.19. The lowest BCUT2D eigenvalue weighted by atomic mass is 9.78. The van der Waals surface area contributed by atoms with E-state index in [0.717, 1.165) is 0 Å². The van der Waals surface area contributed by atoms with Crippen molar-refractivity contribution >= 4 is 23.3 Å². The van der Waals surface area contributed by atoms with Crippen LogP contribution in [0.25, 0.3) is 0 Å². The molecule has 6 nitrogen and oxygen atoms in total. The van der Waals surface area contributed by atoms with Gasteiger partial charge < -0.3 is 9.84 Å². The molecule has 0 unspecified atom stereocenters. The minimum Gasteiger partial charge on any atom is -0.507 e. The quantitative estimate of drug-likeness (QED) is 0.335. The van der Waals surface area contributed by atoms with Crippen molar-refractivity contribution in [2.24, 2.45) is 29.1 Å². The molecule has 0 aromatic carbocycles. The van der Waals surface area contributed by atoms with E-state index in [-0.39, 0.29) is 36.7 Å². The van der Waals surface area contributed by atoms with Gasteiger partial charge in [-0.25, -0.2) is 0 Å². The van der Waals surface area contributed by atoms with Crippen LogP contribution in [0.5, 0.6) is 0 Å². The van der Waals surface area contributed by atoms with Gasteiger partial charge in [-0.2, -0.15) is 0 Å². The first-order valence-electron chi connectivity index (χ1n) is 11.8. The maximum absolute atomic E-state index is 13.6. The van der Waals surface area contributed by atoms with Crippen LogP contribution in [0.2, 0.25) is 0 Å². The van der Waals surface area contributed by atoms with Crippen molar-refractivity contribution in [1.82, 2.24) is 0 Å². The van der Waals surface area contributed by atoms with Crippen LogP contribution in [-0.2, 0) is 23.9 Å². The molecule has 0 saturated heterocycles. The zero-order valence-corrected chi connectivity index (χ0v) is 21.3. The molecule has 0 aliphatic heterocycles. The van der Waals surface area contributed by atoms with Crippen molar-refractivity contribution < 1.29 is 29.0 Å². The summed E-state index contributed by atoms with van der Waals surface area (Å²) in [6.45, 7) is 16.7. The van der Waals surface area contributed by atoms with Crippen LogP contribution >= 0.6 is 0 Å². The standard InChI is InChI=1S/C26H42O6/c1-15(2)10-12-18-23(30)21(22(29)17(5)6)24(31)26(18,19(27)13-11-16(3)4)32-20(28)14-25(7,8)9/h15-18,31H,10-14H2,1-9H3/t18-,26+/m0/s1. The molecular weight excluding hydrogens is 408 g/mol. The van der Waals surface area contributed by atoms with Crippen LogP contribution in [0.3, 0.4) is 0 Å². The average molecular weight is 451 g/mol. The third kappa shape index (κ3) is 6.52. The van der Waals surface area contributed by atoms with E-state index < -0.39 is 51.9 Å². The van der Waals surface area contributed by atoms with Crippen molar-refractivity contribution in [2.45, 2.75) is 100 Å². The zero-order valence-electron chi connectivity index (χ0n) is 21.3. The molecule has 1 aliphatic carbocycles. The van der Waals surface area contributed by atoms with Crippen molar-refractivity contribution in [3.8, 4) is 0 Å². The summed E-state index contributed by atoms with van der Waals surface area (Å²) in [5, 5.41) is 11.2. The summed E-state index contributed by atoms with van der Waals surface area (Å²) in [6, 6.07) is 0. The summed E-state index contributed by atoms with van der Waals surface area (Å²) >= 11 is 0. The highest BCUT2D eigenvalue weighted by Gasteiger charge is 2.62. The van der Waals surface area contributed by atoms with Gasteiger partial charge in [0.15, 0.2) is 23.1 Å². The third-order valence-corrected chi connectivity index (χ3v) is 5.76. The Morgan fingerprint density at radius 2 is 1.53 bits per heavy atom. The molecule has 0 fully saturated rings. The fraction of sp³-hybridized carbons (Fsp3) is 0.769. The van der Waals surface area contributed by atoms with E-state index in [1.165, 1.54) is 0 Å². The molecule has 0 spiro atoms. The largest absolute Gasteiger partial charge is 0.507 e. The first kappa shape index (κ1) is 28.1. The minimum atomic E-state index is -2.12. The molecule has 0 heterocycles. The van der Waals surface area contributed by atoms with Gasteiger partial charge in [0.1, 0.15) is 5.57 Å². The first-order chi connectivity index (χ1) is 14.5. The number of carbonyl (C=O) groups is 4. The predicted molar refractivity (Wildman–Crippen MR) is 124 cm³/mol. The van der Waals surface area contributed by atoms with Gasteiger partial charge >= 0.3 is 5.97 Å². The van der Waals surface area contributed by atoms with Gasteiger partial charge in [-0.05, 0) is 30.1 Å². The second-order valence-electron chi connectivity index (χ2n) is 11.4. The SMILES string of the molecule is CC(C)CCC(=O)[C@@]1(OC(=O)CC(C)(C)C)C(O)=C(C(=O)C(C)C)C(=O)[C@@H]1CCC(C)C. The number of carbonyl (C=O) groups excluding carboxylic acids is 4. The third-order valence-electron chi connectivity index (χ3n) is 5.76. The maximum atomic E-state index is 13.6. The number of ketones is 3. The minimum absolute atomic E-state index is 0.0119. The van der Waals surface area contributed by atoms with Crippen molar-refractivity contribution in [1.29, 1.82) is 0 Å². The van der Waals surface area contributed by atoms with Crippen molar-refractivity contribution in [3.63, 3.8) is 0 Å². The molecule has 0 aromatic rings. The molecule has 1 rings (SSSR count). The van der Waals surface area contributed by atoms with Crippen molar-refractivity contribution in [3.05, 3.63) is 11.3 Å². The van der Waals surface area contributed by atoms with Crippen LogP contribution in [0.15, 0.2) is 11.3 Å². The Hall–Kier alpha value is -1.98. The summed E-state index contributed by atoms with van der Waals surface area (Å²) in [6.07, 6.45) is 1.40. The summed E-state index contributed by atoms with van der Waals surface area (Å²) in [7, 11) is 0. The fourth-order valence-corrected chi connectivity index (χ4v) is 3.94. The lowest BCUT2D eigenvalue weighted by Gasteiger charge is -2.34. The monoisotopic (exact) mass is 450 g/mol. The molecular formula is C26H42O6. The van der Waals surface area contributed by atoms with Gasteiger partial charge in [-0.15, -0.1) is 0 Å². The summed E-state index contributed by atoms with van der Waals surface area (Å²) in [4.78, 5) is 52.8. The molecule has 6 heteroatoms. The van der Waals surface area contributed by atoms with Crippen LogP contribution < -0.4 is 0 Å². The van der Waals surface area contributed by atoms with E-state index in [4.69, 9.17) is 4.74 Å². The van der Waals surface area contributed by atoms with Gasteiger partial charge in [0.05, 0.1) is 12.3 Å². The Balaban J connectivity index is 3.66. The number of ether oxygens (including phenoxy) is 1. The van der Waals surface area contributed by atoms with Gasteiger partial charge in [0.25, 0.3) is 0 Å². The van der Waals surface area contributed by atoms with E-state index in [1.54, 1.807) is 13.8 Å². The number of aliphatic hydroxyl groups is 1. The van der Waals surface area contributed by atoms with Gasteiger partial charge in [0, 0.05) is 12.3 Å². The second-order valence-corrected chi connectivity index (χ2v) is 11.4. The Bertz CT molecular complexity index is 766. The Kier molecular flexibility index (Phi) is 9.43. The second kappa shape index (κ2) is 10.8. The van der Waals surface area contributed by atoms with Gasteiger partial charge in [-0.1, -0.05) is 68.7 Å². The number of hydrogen-bond acceptors (Lipinski definition) is 6. The van der Waals surface area contributed by atoms with E-state index in [2.05, 4.69) is 0 Å². The normalized spacial score (nSPS) is 21.8. The molecule has 2 atom stereocenters. The Morgan fingerprint density at radius 3 is 1.97 bits per heavy atom. The number of rotatable bonds is 11. The lowest BCUT2D eigenvalue weighted by molar-refractivity contribution is -0.174. The highest BCUT2D eigenvalue weighted by atomic mass is 16.6. The summed E-state index contributed by atoms with van der Waals surface area (Å²) < 4.78 is 5.79. The number of hydrogen-bond donors (Lipinski definition) is 1. The van der Waals surface area contributed by atoms with E-state index in [1.807, 2.05) is 48.5 Å². The molecule has 32 heavy (non-hydrogen) atoms. The fourth-order valence-electron chi connectivity index (χ4n) is 3.94. The molecule has 0 amide bonds. The topological polar surface area (TPSA) is 97.7 Å². The number of allylic oxidation sites excluding steroid dienone is 1. The van der Waals surface area contributed by atoms with Crippen LogP contribution in [0.1, 0.15) is 94.4 Å². The Labute approximate surface area is 193 Å². The number of aliphatic hydroxyl groups excluding tert-OH is 1. The average Bonchev–Trinajstić information content (AvgIpc) is 2.82. The van der Waals surface area contributed by atoms with E-state index in [9.17, 15) is 24.3 Å². The van der Waals surface area contributed by atoms with Crippen LogP contribution in [-0.4, -0.2) is 34.0 Å². The molecule has 1 aliphatic rings. The Morgan fingerprint density at radius 1 is 1.00 bits per heavy atom. The van der Waals surface area contributed by atoms with E-state index in [0.29, 0.717) is 12.8 Å². The zero-order chi connectivity index (χ0) is 25.0. The van der Waals surface area contributed by atoms with Crippen molar-refractivity contribution in [2.75, 3.05) is 0 Å². The highest BCUT2D eigenvalue weighted by Crippen LogP contribution is 2.46. The number of esters is 1. The summed E-state index contributed by atoms with van der Waals surface area (Å²) in [5.41, 5.74) is -2.91. The maximum Gasteiger partial charge on any atom is 0.307 e. The highest BCUT2D eigenvalue weighted by molar-refractivity contribution is 6.26. The van der Waals surface area contributed by atoms with Gasteiger partial charge in [-0.3, -0.25) is 19.2 Å². The molecule has 0 aromatic heterocycles. The molecule has 182 valence electrons. The van der Waals surface area contributed by atoms with E-state index >= 15 is 0 Å². The number of Topliss-reactive ketones (excluding diaryl/α,β-unsaturated/α-hetero) is 3. The van der Waals surface area contributed by atoms with Gasteiger partial charge in [0.2, 0.25) is 5.60 Å². The molecule has 1 N–H and O–H groups in total. The van der Waals surface area contributed by atoms with Crippen LogP contribution in [0.4, 0.5) is 0 Å². The molecule has 0 saturated carbocycles. The molecule has 0 radical (unpaired) electrons. The predicted octanol–water partition coefficient (Wildman–Crippen LogP) is 5.38. The lowest BCUT2D eigenvalue weighted by Crippen LogP contribution is -2.51. The first-order valence-corrected chi connectivity index (χ1v) is 11.8.